The molecule has 3 rings (SSSR count). The lowest BCUT2D eigenvalue weighted by Crippen LogP contribution is -2.02. The summed E-state index contributed by atoms with van der Waals surface area (Å²) in [4.78, 5) is 4.35. The van der Waals surface area contributed by atoms with E-state index in [4.69, 9.17) is 9.15 Å². The third-order valence-electron chi connectivity index (χ3n) is 3.05. The second-order valence-electron chi connectivity index (χ2n) is 4.42. The summed E-state index contributed by atoms with van der Waals surface area (Å²) in [5.74, 6) is 2.54. The largest absolute Gasteiger partial charge is 0.493 e. The van der Waals surface area contributed by atoms with Gasteiger partial charge in [0.25, 0.3) is 0 Å². The van der Waals surface area contributed by atoms with Crippen LogP contribution in [0.15, 0.2) is 34.1 Å². The van der Waals surface area contributed by atoms with Gasteiger partial charge in [0.05, 0.1) is 12.3 Å². The summed E-state index contributed by atoms with van der Waals surface area (Å²) in [6.07, 6.45) is 0.768. The zero-order valence-electron chi connectivity index (χ0n) is 11.0. The summed E-state index contributed by atoms with van der Waals surface area (Å²) in [6, 6.07) is 8.24. The molecule has 2 aromatic heterocycles. The Morgan fingerprint density at radius 1 is 1.26 bits per heavy atom. The van der Waals surface area contributed by atoms with Gasteiger partial charge in [0.2, 0.25) is 0 Å². The second-order valence-corrected chi connectivity index (χ2v) is 5.37. The van der Waals surface area contributed by atoms with Crippen LogP contribution in [0, 0.1) is 13.8 Å². The lowest BCUT2D eigenvalue weighted by atomic mass is 10.2. The first kappa shape index (κ1) is 12.2. The van der Waals surface area contributed by atoms with Crippen LogP contribution in [0.3, 0.4) is 0 Å². The van der Waals surface area contributed by atoms with Gasteiger partial charge >= 0.3 is 0 Å². The Kier molecular flexibility index (Phi) is 3.25. The molecular formula is C15H15NO2S. The van der Waals surface area contributed by atoms with Gasteiger partial charge in [0, 0.05) is 23.4 Å². The van der Waals surface area contributed by atoms with E-state index in [1.165, 1.54) is 10.1 Å². The van der Waals surface area contributed by atoms with Gasteiger partial charge in [-0.1, -0.05) is 6.07 Å². The van der Waals surface area contributed by atoms with E-state index in [0.29, 0.717) is 12.5 Å². The summed E-state index contributed by atoms with van der Waals surface area (Å²) < 4.78 is 12.5. The molecule has 4 heteroatoms. The minimum atomic E-state index is 0.613. The number of hydrogen-bond donors (Lipinski definition) is 0. The van der Waals surface area contributed by atoms with Crippen molar-refractivity contribution in [3.05, 3.63) is 47.0 Å². The Bertz CT molecular complexity index is 699. The molecule has 3 aromatic rings. The predicted octanol–water partition coefficient (Wildman–Crippen LogP) is 4.13. The number of benzene rings is 1. The Hall–Kier alpha value is -1.81. The molecule has 98 valence electrons. The van der Waals surface area contributed by atoms with Gasteiger partial charge in [0.1, 0.15) is 11.5 Å². The number of ether oxygens (including phenoxy) is 1. The van der Waals surface area contributed by atoms with Gasteiger partial charge in [-0.3, -0.25) is 0 Å². The maximum atomic E-state index is 5.87. The van der Waals surface area contributed by atoms with Gasteiger partial charge in [-0.05, 0) is 30.5 Å². The highest BCUT2D eigenvalue weighted by atomic mass is 32.1. The lowest BCUT2D eigenvalue weighted by molar-refractivity contribution is 0.323. The molecule has 0 unspecified atom stereocenters. The van der Waals surface area contributed by atoms with Crippen molar-refractivity contribution in [1.29, 1.82) is 0 Å². The minimum absolute atomic E-state index is 0.613. The van der Waals surface area contributed by atoms with Crippen LogP contribution in [0.1, 0.15) is 17.3 Å². The van der Waals surface area contributed by atoms with E-state index < -0.39 is 0 Å². The van der Waals surface area contributed by atoms with E-state index in [1.807, 2.05) is 26.0 Å². The normalized spacial score (nSPS) is 11.1. The van der Waals surface area contributed by atoms with Crippen LogP contribution in [0.25, 0.3) is 10.1 Å². The van der Waals surface area contributed by atoms with Crippen molar-refractivity contribution in [2.24, 2.45) is 0 Å². The number of nitrogens with zero attached hydrogens (tertiary/aromatic N) is 1. The highest BCUT2D eigenvalue weighted by molar-refractivity contribution is 7.17. The fourth-order valence-corrected chi connectivity index (χ4v) is 2.96. The van der Waals surface area contributed by atoms with Crippen molar-refractivity contribution >= 4 is 21.4 Å². The molecule has 0 aliphatic carbocycles. The lowest BCUT2D eigenvalue weighted by Gasteiger charge is -2.06. The standard InChI is InChI=1S/C15H15NO2S/c1-10-13(16-11(2)18-10)6-8-17-14-4-3-5-15-12(14)7-9-19-15/h3-5,7,9H,6,8H2,1-2H3. The number of aryl methyl sites for hydroxylation is 2. The van der Waals surface area contributed by atoms with Crippen LogP contribution >= 0.6 is 11.3 Å². The molecule has 1 aromatic carbocycles. The van der Waals surface area contributed by atoms with Crippen molar-refractivity contribution in [2.45, 2.75) is 20.3 Å². The number of oxazole rings is 1. The molecule has 0 fully saturated rings. The molecule has 0 N–H and O–H groups in total. The molecule has 0 atom stereocenters. The number of aromatic nitrogens is 1. The molecule has 0 aliphatic rings. The summed E-state index contributed by atoms with van der Waals surface area (Å²) in [5, 5.41) is 3.27. The van der Waals surface area contributed by atoms with Crippen molar-refractivity contribution < 1.29 is 9.15 Å². The topological polar surface area (TPSA) is 35.3 Å². The number of hydrogen-bond acceptors (Lipinski definition) is 4. The van der Waals surface area contributed by atoms with Crippen LogP contribution in [-0.2, 0) is 6.42 Å². The maximum Gasteiger partial charge on any atom is 0.191 e. The van der Waals surface area contributed by atoms with Crippen molar-refractivity contribution in [2.75, 3.05) is 6.61 Å². The first-order chi connectivity index (χ1) is 9.24. The van der Waals surface area contributed by atoms with Gasteiger partial charge < -0.3 is 9.15 Å². The van der Waals surface area contributed by atoms with E-state index in [0.717, 1.165) is 23.6 Å². The highest BCUT2D eigenvalue weighted by Gasteiger charge is 2.07. The molecule has 0 saturated heterocycles. The Morgan fingerprint density at radius 3 is 2.95 bits per heavy atom. The quantitative estimate of drug-likeness (QED) is 0.717. The van der Waals surface area contributed by atoms with E-state index in [1.54, 1.807) is 11.3 Å². The Labute approximate surface area is 115 Å². The molecule has 0 aliphatic heterocycles. The minimum Gasteiger partial charge on any atom is -0.493 e. The van der Waals surface area contributed by atoms with Gasteiger partial charge in [0.15, 0.2) is 5.89 Å². The zero-order valence-corrected chi connectivity index (χ0v) is 11.8. The van der Waals surface area contributed by atoms with Crippen LogP contribution < -0.4 is 4.74 Å². The molecule has 3 nitrogen and oxygen atoms in total. The van der Waals surface area contributed by atoms with Gasteiger partial charge in [-0.25, -0.2) is 4.98 Å². The summed E-state index contributed by atoms with van der Waals surface area (Å²) in [6.45, 7) is 4.42. The van der Waals surface area contributed by atoms with Crippen LogP contribution in [0.2, 0.25) is 0 Å². The van der Waals surface area contributed by atoms with Crippen LogP contribution in [0.4, 0.5) is 0 Å². The average molecular weight is 273 g/mol. The smallest absolute Gasteiger partial charge is 0.191 e. The van der Waals surface area contributed by atoms with Crippen LogP contribution in [-0.4, -0.2) is 11.6 Å². The Morgan fingerprint density at radius 2 is 2.16 bits per heavy atom. The fourth-order valence-electron chi connectivity index (χ4n) is 2.15. The van der Waals surface area contributed by atoms with E-state index in [-0.39, 0.29) is 0 Å². The Balaban J connectivity index is 1.69. The summed E-state index contributed by atoms with van der Waals surface area (Å²) >= 11 is 1.73. The van der Waals surface area contributed by atoms with Crippen molar-refractivity contribution in [3.63, 3.8) is 0 Å². The van der Waals surface area contributed by atoms with Crippen molar-refractivity contribution in [1.82, 2.24) is 4.98 Å². The monoisotopic (exact) mass is 273 g/mol. The molecule has 19 heavy (non-hydrogen) atoms. The van der Waals surface area contributed by atoms with Gasteiger partial charge in [-0.2, -0.15) is 0 Å². The first-order valence-electron chi connectivity index (χ1n) is 6.26. The molecule has 0 saturated carbocycles. The average Bonchev–Trinajstić information content (AvgIpc) is 2.97. The van der Waals surface area contributed by atoms with Crippen LogP contribution in [0.5, 0.6) is 5.75 Å². The van der Waals surface area contributed by atoms with E-state index >= 15 is 0 Å². The number of fused-ring (bicyclic) bond motifs is 1. The number of rotatable bonds is 4. The van der Waals surface area contributed by atoms with Crippen molar-refractivity contribution in [3.8, 4) is 5.75 Å². The first-order valence-corrected chi connectivity index (χ1v) is 7.14. The third kappa shape index (κ3) is 2.49. The molecule has 2 heterocycles. The summed E-state index contributed by atoms with van der Waals surface area (Å²) in [5.41, 5.74) is 0.981. The fraction of sp³-hybridized carbons (Fsp3) is 0.267. The SMILES string of the molecule is Cc1nc(CCOc2cccc3sccc23)c(C)o1. The number of thiophene rings is 1. The van der Waals surface area contributed by atoms with E-state index in [2.05, 4.69) is 22.5 Å². The third-order valence-corrected chi connectivity index (χ3v) is 3.93. The molecule has 0 radical (unpaired) electrons. The highest BCUT2D eigenvalue weighted by Crippen LogP contribution is 2.29. The second kappa shape index (κ2) is 5.05. The molecule has 0 amide bonds. The molecule has 0 bridgehead atoms. The molecule has 0 spiro atoms. The summed E-state index contributed by atoms with van der Waals surface area (Å²) in [7, 11) is 0. The maximum absolute atomic E-state index is 5.87. The predicted molar refractivity (Wildman–Crippen MR) is 77.0 cm³/mol. The molecular weight excluding hydrogens is 258 g/mol. The van der Waals surface area contributed by atoms with E-state index in [9.17, 15) is 0 Å². The zero-order chi connectivity index (χ0) is 13.2. The van der Waals surface area contributed by atoms with Gasteiger partial charge in [-0.15, -0.1) is 11.3 Å².